The first-order valence-electron chi connectivity index (χ1n) is 6.13. The standard InChI is InChI=1S/C13H16F2N2/c14-10-4-1-8(7-11(10)15)13-12(16)5-6-17(13)9-2-3-9/h1,4,7,9,12-13H,2-3,5-6,16H2/t12-,13+/m1/s1. The van der Waals surface area contributed by atoms with Crippen LogP contribution in [0.15, 0.2) is 18.2 Å². The van der Waals surface area contributed by atoms with Crippen molar-refractivity contribution in [2.75, 3.05) is 6.54 Å². The second-order valence-electron chi connectivity index (χ2n) is 5.04. The number of nitrogens with two attached hydrogens (primary N) is 1. The van der Waals surface area contributed by atoms with E-state index >= 15 is 0 Å². The van der Waals surface area contributed by atoms with Crippen LogP contribution in [-0.4, -0.2) is 23.5 Å². The van der Waals surface area contributed by atoms with Gasteiger partial charge in [-0.3, -0.25) is 4.90 Å². The number of hydrogen-bond donors (Lipinski definition) is 1. The van der Waals surface area contributed by atoms with E-state index in [1.807, 2.05) is 0 Å². The van der Waals surface area contributed by atoms with Gasteiger partial charge in [0.05, 0.1) is 6.04 Å². The van der Waals surface area contributed by atoms with Gasteiger partial charge in [0.2, 0.25) is 0 Å². The molecule has 0 aromatic heterocycles. The van der Waals surface area contributed by atoms with E-state index < -0.39 is 11.6 Å². The fourth-order valence-electron chi connectivity index (χ4n) is 2.79. The van der Waals surface area contributed by atoms with Gasteiger partial charge in [0.25, 0.3) is 0 Å². The highest BCUT2D eigenvalue weighted by Crippen LogP contribution is 2.40. The van der Waals surface area contributed by atoms with Crippen LogP contribution in [0.4, 0.5) is 8.78 Å². The molecule has 17 heavy (non-hydrogen) atoms. The lowest BCUT2D eigenvalue weighted by molar-refractivity contribution is 0.236. The Morgan fingerprint density at radius 1 is 1.12 bits per heavy atom. The van der Waals surface area contributed by atoms with Crippen molar-refractivity contribution in [3.05, 3.63) is 35.4 Å². The molecule has 1 heterocycles. The number of rotatable bonds is 2. The van der Waals surface area contributed by atoms with E-state index in [2.05, 4.69) is 4.90 Å². The minimum Gasteiger partial charge on any atom is -0.326 e. The molecule has 1 saturated carbocycles. The number of nitrogens with zero attached hydrogens (tertiary/aromatic N) is 1. The molecule has 1 aliphatic heterocycles. The summed E-state index contributed by atoms with van der Waals surface area (Å²) in [7, 11) is 0. The average Bonchev–Trinajstić information content (AvgIpc) is 3.07. The van der Waals surface area contributed by atoms with Gasteiger partial charge in [-0.25, -0.2) is 8.78 Å². The Balaban J connectivity index is 1.91. The zero-order valence-electron chi connectivity index (χ0n) is 9.57. The summed E-state index contributed by atoms with van der Waals surface area (Å²) in [6.07, 6.45) is 3.33. The Morgan fingerprint density at radius 3 is 2.53 bits per heavy atom. The molecule has 0 spiro atoms. The maximum Gasteiger partial charge on any atom is 0.159 e. The number of benzene rings is 1. The first-order chi connectivity index (χ1) is 8.16. The zero-order chi connectivity index (χ0) is 12.0. The Bertz CT molecular complexity index is 431. The summed E-state index contributed by atoms with van der Waals surface area (Å²) >= 11 is 0. The Labute approximate surface area is 99.4 Å². The topological polar surface area (TPSA) is 29.3 Å². The maximum absolute atomic E-state index is 13.3. The number of halogens is 2. The summed E-state index contributed by atoms with van der Waals surface area (Å²) < 4.78 is 26.2. The van der Waals surface area contributed by atoms with Gasteiger partial charge in [-0.2, -0.15) is 0 Å². The van der Waals surface area contributed by atoms with Crippen molar-refractivity contribution in [3.8, 4) is 0 Å². The fourth-order valence-corrected chi connectivity index (χ4v) is 2.79. The minimum absolute atomic E-state index is 0.0282. The fraction of sp³-hybridized carbons (Fsp3) is 0.538. The first-order valence-corrected chi connectivity index (χ1v) is 6.13. The molecule has 0 unspecified atom stereocenters. The molecule has 2 aliphatic rings. The number of likely N-dealkylation sites (tertiary alicyclic amines) is 1. The summed E-state index contributed by atoms with van der Waals surface area (Å²) in [5.41, 5.74) is 6.90. The smallest absolute Gasteiger partial charge is 0.159 e. The summed E-state index contributed by atoms with van der Waals surface area (Å²) in [5, 5.41) is 0. The monoisotopic (exact) mass is 238 g/mol. The second-order valence-corrected chi connectivity index (χ2v) is 5.04. The Morgan fingerprint density at radius 2 is 1.88 bits per heavy atom. The molecule has 3 rings (SSSR count). The van der Waals surface area contributed by atoms with E-state index in [9.17, 15) is 8.78 Å². The van der Waals surface area contributed by atoms with Gasteiger partial charge in [-0.1, -0.05) is 6.07 Å². The van der Waals surface area contributed by atoms with Crippen LogP contribution in [0.2, 0.25) is 0 Å². The molecule has 1 aromatic rings. The molecular formula is C13H16F2N2. The molecular weight excluding hydrogens is 222 g/mol. The SMILES string of the molecule is N[C@@H]1CCN(C2CC2)[C@H]1c1ccc(F)c(F)c1. The third-order valence-corrected chi connectivity index (χ3v) is 3.78. The molecule has 2 N–H and O–H groups in total. The molecule has 92 valence electrons. The zero-order valence-corrected chi connectivity index (χ0v) is 9.57. The maximum atomic E-state index is 13.3. The van der Waals surface area contributed by atoms with Gasteiger partial charge in [0, 0.05) is 18.6 Å². The molecule has 2 fully saturated rings. The van der Waals surface area contributed by atoms with E-state index in [4.69, 9.17) is 5.73 Å². The highest BCUT2D eigenvalue weighted by atomic mass is 19.2. The van der Waals surface area contributed by atoms with E-state index in [1.54, 1.807) is 6.07 Å². The van der Waals surface area contributed by atoms with Gasteiger partial charge < -0.3 is 5.73 Å². The minimum atomic E-state index is -0.793. The van der Waals surface area contributed by atoms with E-state index in [0.717, 1.165) is 18.5 Å². The summed E-state index contributed by atoms with van der Waals surface area (Å²) in [6, 6.07) is 4.82. The lowest BCUT2D eigenvalue weighted by Gasteiger charge is -2.27. The van der Waals surface area contributed by atoms with E-state index in [0.29, 0.717) is 6.04 Å². The van der Waals surface area contributed by atoms with Crippen molar-refractivity contribution in [2.45, 2.75) is 37.4 Å². The highest BCUT2D eigenvalue weighted by Gasteiger charge is 2.41. The Hall–Kier alpha value is -1.00. The summed E-state index contributed by atoms with van der Waals surface area (Å²) in [5.74, 6) is -1.57. The van der Waals surface area contributed by atoms with Crippen LogP contribution < -0.4 is 5.73 Å². The van der Waals surface area contributed by atoms with Crippen molar-refractivity contribution in [1.29, 1.82) is 0 Å². The third kappa shape index (κ3) is 1.96. The van der Waals surface area contributed by atoms with Gasteiger partial charge in [-0.05, 0) is 37.0 Å². The van der Waals surface area contributed by atoms with Crippen LogP contribution in [0.25, 0.3) is 0 Å². The summed E-state index contributed by atoms with van der Waals surface area (Å²) in [4.78, 5) is 2.34. The van der Waals surface area contributed by atoms with Crippen molar-refractivity contribution in [1.82, 2.24) is 4.90 Å². The highest BCUT2D eigenvalue weighted by molar-refractivity contribution is 5.25. The van der Waals surface area contributed by atoms with Crippen molar-refractivity contribution >= 4 is 0 Å². The molecule has 0 radical (unpaired) electrons. The molecule has 2 nitrogen and oxygen atoms in total. The molecule has 2 atom stereocenters. The van der Waals surface area contributed by atoms with Gasteiger partial charge in [-0.15, -0.1) is 0 Å². The second kappa shape index (κ2) is 4.03. The molecule has 0 bridgehead atoms. The Kier molecular flexibility index (Phi) is 2.64. The lowest BCUT2D eigenvalue weighted by Crippen LogP contribution is -2.33. The lowest BCUT2D eigenvalue weighted by atomic mass is 10.0. The number of hydrogen-bond acceptors (Lipinski definition) is 2. The van der Waals surface area contributed by atoms with Crippen molar-refractivity contribution in [2.24, 2.45) is 5.73 Å². The largest absolute Gasteiger partial charge is 0.326 e. The predicted molar refractivity (Wildman–Crippen MR) is 61.4 cm³/mol. The van der Waals surface area contributed by atoms with E-state index in [-0.39, 0.29) is 12.1 Å². The quantitative estimate of drug-likeness (QED) is 0.855. The van der Waals surface area contributed by atoms with Crippen LogP contribution in [0.5, 0.6) is 0 Å². The summed E-state index contributed by atoms with van der Waals surface area (Å²) in [6.45, 7) is 0.968. The molecule has 1 aliphatic carbocycles. The van der Waals surface area contributed by atoms with Gasteiger partial charge >= 0.3 is 0 Å². The third-order valence-electron chi connectivity index (χ3n) is 3.78. The molecule has 1 saturated heterocycles. The van der Waals surface area contributed by atoms with Crippen LogP contribution >= 0.6 is 0 Å². The normalized spacial score (nSPS) is 29.8. The molecule has 0 amide bonds. The van der Waals surface area contributed by atoms with Gasteiger partial charge in [0.15, 0.2) is 11.6 Å². The van der Waals surface area contributed by atoms with Crippen molar-refractivity contribution < 1.29 is 8.78 Å². The molecule has 4 heteroatoms. The van der Waals surface area contributed by atoms with Crippen LogP contribution in [0.3, 0.4) is 0 Å². The predicted octanol–water partition coefficient (Wildman–Crippen LogP) is 2.20. The van der Waals surface area contributed by atoms with Crippen LogP contribution in [-0.2, 0) is 0 Å². The van der Waals surface area contributed by atoms with Crippen LogP contribution in [0, 0.1) is 11.6 Å². The van der Waals surface area contributed by atoms with Crippen LogP contribution in [0.1, 0.15) is 30.9 Å². The van der Waals surface area contributed by atoms with E-state index in [1.165, 1.54) is 25.0 Å². The average molecular weight is 238 g/mol. The first kappa shape index (κ1) is 11.1. The van der Waals surface area contributed by atoms with Gasteiger partial charge in [0.1, 0.15) is 0 Å². The molecule has 1 aromatic carbocycles. The van der Waals surface area contributed by atoms with Crippen molar-refractivity contribution in [3.63, 3.8) is 0 Å².